The van der Waals surface area contributed by atoms with E-state index in [1.807, 2.05) is 0 Å². The fraction of sp³-hybridized carbons (Fsp3) is 0.333. The van der Waals surface area contributed by atoms with Crippen LogP contribution in [0.15, 0.2) is 4.63 Å². The maximum atomic E-state index is 11.0. The van der Waals surface area contributed by atoms with Crippen LogP contribution in [-0.2, 0) is 9.59 Å². The van der Waals surface area contributed by atoms with Gasteiger partial charge in [0.2, 0.25) is 17.5 Å². The van der Waals surface area contributed by atoms with Gasteiger partial charge < -0.3 is 16.2 Å². The van der Waals surface area contributed by atoms with Gasteiger partial charge in [0.15, 0.2) is 0 Å². The van der Waals surface area contributed by atoms with Gasteiger partial charge in [0.05, 0.1) is 6.42 Å². The van der Waals surface area contributed by atoms with Crippen molar-refractivity contribution in [3.05, 3.63) is 0 Å². The summed E-state index contributed by atoms with van der Waals surface area (Å²) in [5.74, 6) is -1.60. The number of anilines is 2. The van der Waals surface area contributed by atoms with Gasteiger partial charge in [-0.25, -0.2) is 4.63 Å². The van der Waals surface area contributed by atoms with Crippen molar-refractivity contribution in [1.82, 2.24) is 10.3 Å². The lowest BCUT2D eigenvalue weighted by atomic mass is 10.3. The van der Waals surface area contributed by atoms with Crippen LogP contribution < -0.4 is 11.1 Å². The zero-order valence-electron chi connectivity index (χ0n) is 7.06. The summed E-state index contributed by atoms with van der Waals surface area (Å²) in [5.41, 5.74) is 5.25. The summed E-state index contributed by atoms with van der Waals surface area (Å²) >= 11 is 0. The van der Waals surface area contributed by atoms with Gasteiger partial charge in [0, 0.05) is 6.42 Å². The van der Waals surface area contributed by atoms with Crippen molar-refractivity contribution in [3.8, 4) is 0 Å². The van der Waals surface area contributed by atoms with Crippen molar-refractivity contribution in [3.63, 3.8) is 0 Å². The molecule has 14 heavy (non-hydrogen) atoms. The third-order valence-corrected chi connectivity index (χ3v) is 1.34. The molecule has 1 heterocycles. The Bertz CT molecular complexity index is 347. The van der Waals surface area contributed by atoms with E-state index in [2.05, 4.69) is 20.3 Å². The molecule has 0 unspecified atom stereocenters. The monoisotopic (exact) mass is 200 g/mol. The minimum absolute atomic E-state index is 0.000360. The van der Waals surface area contributed by atoms with Crippen LogP contribution in [0.5, 0.6) is 0 Å². The number of rotatable bonds is 4. The number of carbonyl (C=O) groups is 2. The van der Waals surface area contributed by atoms with Crippen LogP contribution in [-0.4, -0.2) is 27.3 Å². The number of aliphatic carboxylic acids is 1. The highest BCUT2D eigenvalue weighted by Crippen LogP contribution is 2.10. The van der Waals surface area contributed by atoms with Crippen molar-refractivity contribution in [2.24, 2.45) is 0 Å². The van der Waals surface area contributed by atoms with Gasteiger partial charge in [-0.15, -0.1) is 0 Å². The number of hydrogen-bond donors (Lipinski definition) is 3. The average Bonchev–Trinajstić information content (AvgIpc) is 2.49. The number of amides is 1. The molecule has 0 atom stereocenters. The summed E-state index contributed by atoms with van der Waals surface area (Å²) in [6.45, 7) is 0. The van der Waals surface area contributed by atoms with Gasteiger partial charge in [0.1, 0.15) is 0 Å². The molecular formula is C6H8N4O4. The first-order valence-electron chi connectivity index (χ1n) is 3.69. The fourth-order valence-electron chi connectivity index (χ4n) is 0.697. The zero-order valence-corrected chi connectivity index (χ0v) is 7.06. The predicted octanol–water partition coefficient (Wildman–Crippen LogP) is -0.545. The molecule has 1 rings (SSSR count). The number of nitrogens with one attached hydrogen (secondary N) is 1. The van der Waals surface area contributed by atoms with E-state index in [0.717, 1.165) is 0 Å². The first-order valence-corrected chi connectivity index (χ1v) is 3.69. The molecule has 8 heteroatoms. The van der Waals surface area contributed by atoms with Gasteiger partial charge in [0.25, 0.3) is 0 Å². The van der Waals surface area contributed by atoms with Crippen LogP contribution in [0.3, 0.4) is 0 Å². The summed E-state index contributed by atoms with van der Waals surface area (Å²) in [5, 5.41) is 17.1. The van der Waals surface area contributed by atoms with E-state index < -0.39 is 11.9 Å². The maximum Gasteiger partial charge on any atom is 0.303 e. The molecule has 0 radical (unpaired) electrons. The van der Waals surface area contributed by atoms with Crippen LogP contribution in [0.4, 0.5) is 11.6 Å². The third kappa shape index (κ3) is 2.73. The number of carboxylic acid groups (broad SMARTS) is 1. The standard InChI is InChI=1S/C6H8N4O4/c7-5-6(10-14-9-5)8-3(11)1-2-4(12)13/h1-2H2,(H2,7,9)(H,12,13)(H,8,10,11). The van der Waals surface area contributed by atoms with E-state index in [0.29, 0.717) is 0 Å². The van der Waals surface area contributed by atoms with Crippen molar-refractivity contribution >= 4 is 23.5 Å². The Morgan fingerprint density at radius 2 is 2.14 bits per heavy atom. The molecule has 0 aliphatic rings. The molecule has 76 valence electrons. The van der Waals surface area contributed by atoms with E-state index in [1.54, 1.807) is 0 Å². The summed E-state index contributed by atoms with van der Waals surface area (Å²) < 4.78 is 4.22. The van der Waals surface area contributed by atoms with E-state index >= 15 is 0 Å². The smallest absolute Gasteiger partial charge is 0.303 e. The van der Waals surface area contributed by atoms with Gasteiger partial charge in [-0.3, -0.25) is 9.59 Å². The Morgan fingerprint density at radius 3 is 2.64 bits per heavy atom. The highest BCUT2D eigenvalue weighted by Gasteiger charge is 2.11. The molecule has 0 aliphatic carbocycles. The normalized spacial score (nSPS) is 9.71. The molecule has 0 saturated carbocycles. The first-order chi connectivity index (χ1) is 6.59. The number of carboxylic acids is 1. The van der Waals surface area contributed by atoms with E-state index in [-0.39, 0.29) is 24.5 Å². The summed E-state index contributed by atoms with van der Waals surface area (Å²) in [6.07, 6.45) is -0.404. The number of carbonyl (C=O) groups excluding carboxylic acids is 1. The minimum Gasteiger partial charge on any atom is -0.481 e. The average molecular weight is 200 g/mol. The molecule has 0 spiro atoms. The molecule has 0 aliphatic heterocycles. The SMILES string of the molecule is Nc1nonc1NC(=O)CCC(=O)O. The second kappa shape index (κ2) is 4.21. The van der Waals surface area contributed by atoms with Crippen molar-refractivity contribution in [2.75, 3.05) is 11.1 Å². The topological polar surface area (TPSA) is 131 Å². The molecule has 1 aromatic rings. The molecule has 0 aromatic carbocycles. The number of nitrogen functional groups attached to an aromatic ring is 1. The van der Waals surface area contributed by atoms with Gasteiger partial charge in [-0.1, -0.05) is 0 Å². The lowest BCUT2D eigenvalue weighted by molar-refractivity contribution is -0.138. The van der Waals surface area contributed by atoms with Crippen molar-refractivity contribution in [2.45, 2.75) is 12.8 Å². The van der Waals surface area contributed by atoms with Crippen molar-refractivity contribution < 1.29 is 19.3 Å². The molecule has 4 N–H and O–H groups in total. The maximum absolute atomic E-state index is 11.0. The Labute approximate surface area is 78.0 Å². The molecule has 0 bridgehead atoms. The first kappa shape index (κ1) is 9.96. The molecule has 1 aromatic heterocycles. The van der Waals surface area contributed by atoms with Gasteiger partial charge >= 0.3 is 5.97 Å². The predicted molar refractivity (Wildman–Crippen MR) is 44.2 cm³/mol. The molecule has 0 saturated heterocycles. The number of aromatic nitrogens is 2. The fourth-order valence-corrected chi connectivity index (χ4v) is 0.697. The van der Waals surface area contributed by atoms with E-state index in [4.69, 9.17) is 10.8 Å². The highest BCUT2D eigenvalue weighted by molar-refractivity contribution is 5.93. The molecule has 0 fully saturated rings. The number of hydrogen-bond acceptors (Lipinski definition) is 6. The molecule has 8 nitrogen and oxygen atoms in total. The van der Waals surface area contributed by atoms with Gasteiger partial charge in [-0.05, 0) is 10.3 Å². The molecular weight excluding hydrogens is 192 g/mol. The van der Waals surface area contributed by atoms with Crippen LogP contribution >= 0.6 is 0 Å². The minimum atomic E-state index is -1.05. The summed E-state index contributed by atoms with van der Waals surface area (Å²) in [4.78, 5) is 21.1. The van der Waals surface area contributed by atoms with Crippen LogP contribution in [0.1, 0.15) is 12.8 Å². The largest absolute Gasteiger partial charge is 0.481 e. The number of nitrogens with two attached hydrogens (primary N) is 1. The van der Waals surface area contributed by atoms with Crippen LogP contribution in [0.25, 0.3) is 0 Å². The number of nitrogens with zero attached hydrogens (tertiary/aromatic N) is 2. The highest BCUT2D eigenvalue weighted by atomic mass is 16.6. The Kier molecular flexibility index (Phi) is 3.00. The van der Waals surface area contributed by atoms with Gasteiger partial charge in [-0.2, -0.15) is 0 Å². The second-order valence-electron chi connectivity index (χ2n) is 2.44. The lowest BCUT2D eigenvalue weighted by Crippen LogP contribution is -2.14. The van der Waals surface area contributed by atoms with E-state index in [1.165, 1.54) is 0 Å². The van der Waals surface area contributed by atoms with Crippen molar-refractivity contribution in [1.29, 1.82) is 0 Å². The Hall–Kier alpha value is -2.12. The van der Waals surface area contributed by atoms with E-state index in [9.17, 15) is 9.59 Å². The lowest BCUT2D eigenvalue weighted by Gasteiger charge is -1.98. The summed E-state index contributed by atoms with van der Waals surface area (Å²) in [7, 11) is 0. The van der Waals surface area contributed by atoms with Crippen LogP contribution in [0.2, 0.25) is 0 Å². The Balaban J connectivity index is 2.42. The third-order valence-electron chi connectivity index (χ3n) is 1.34. The van der Waals surface area contributed by atoms with Crippen LogP contribution in [0, 0.1) is 0 Å². The second-order valence-corrected chi connectivity index (χ2v) is 2.44. The zero-order chi connectivity index (χ0) is 10.6. The quantitative estimate of drug-likeness (QED) is 0.594. The molecule has 1 amide bonds. The summed E-state index contributed by atoms with van der Waals surface area (Å²) in [6, 6.07) is 0. The Morgan fingerprint density at radius 1 is 1.43 bits per heavy atom.